The largest absolute Gasteiger partial charge is 0.619 e. The first-order valence-electron chi connectivity index (χ1n) is 5.96. The first kappa shape index (κ1) is 10.3. The predicted octanol–water partition coefficient (Wildman–Crippen LogP) is 1.30. The van der Waals surface area contributed by atoms with Gasteiger partial charge in [0.05, 0.1) is 0 Å². The number of fused-ring (bicyclic) bond motifs is 1. The number of hydrogen-bond acceptors (Lipinski definition) is 3. The van der Waals surface area contributed by atoms with Gasteiger partial charge in [-0.2, -0.15) is 4.73 Å². The first-order valence-corrected chi connectivity index (χ1v) is 5.96. The van der Waals surface area contributed by atoms with Crippen LogP contribution in [0, 0.1) is 5.21 Å². The molecule has 1 aliphatic heterocycles. The van der Waals surface area contributed by atoms with Gasteiger partial charge in [-0.25, -0.2) is 0 Å². The molecule has 5 heteroatoms. The van der Waals surface area contributed by atoms with Gasteiger partial charge < -0.3 is 9.77 Å². The second kappa shape index (κ2) is 4.16. The number of nitrogens with zero attached hydrogens (tertiary/aromatic N) is 4. The smallest absolute Gasteiger partial charge is 0.181 e. The number of rotatable bonds is 1. The molecule has 0 atom stereocenters. The summed E-state index contributed by atoms with van der Waals surface area (Å²) >= 11 is 0. The van der Waals surface area contributed by atoms with Crippen molar-refractivity contribution in [2.24, 2.45) is 0 Å². The van der Waals surface area contributed by atoms with Crippen molar-refractivity contribution in [2.45, 2.75) is 32.2 Å². The lowest BCUT2D eigenvalue weighted by Crippen LogP contribution is -2.23. The minimum absolute atomic E-state index is 0.781. The molecule has 0 bridgehead atoms. The third kappa shape index (κ3) is 1.88. The van der Waals surface area contributed by atoms with E-state index in [4.69, 9.17) is 0 Å². The second-order valence-electron chi connectivity index (χ2n) is 4.35. The van der Waals surface area contributed by atoms with Crippen molar-refractivity contribution < 1.29 is 4.73 Å². The van der Waals surface area contributed by atoms with Crippen LogP contribution in [0.1, 0.15) is 25.1 Å². The molecule has 3 heterocycles. The van der Waals surface area contributed by atoms with Crippen molar-refractivity contribution in [2.75, 3.05) is 0 Å². The lowest BCUT2D eigenvalue weighted by molar-refractivity contribution is -0.605. The van der Waals surface area contributed by atoms with Crippen molar-refractivity contribution in [1.29, 1.82) is 0 Å². The summed E-state index contributed by atoms with van der Waals surface area (Å²) in [5.41, 5.74) is 0.956. The van der Waals surface area contributed by atoms with Gasteiger partial charge in [-0.05, 0) is 12.8 Å². The molecule has 2 aromatic rings. The maximum Gasteiger partial charge on any atom is 0.181 e. The minimum atomic E-state index is 0.781. The van der Waals surface area contributed by atoms with Crippen molar-refractivity contribution in [3.05, 3.63) is 35.6 Å². The third-order valence-corrected chi connectivity index (χ3v) is 3.17. The van der Waals surface area contributed by atoms with Crippen LogP contribution in [-0.2, 0) is 13.0 Å². The van der Waals surface area contributed by atoms with E-state index in [-0.39, 0.29) is 0 Å². The molecular formula is C12H14N4O. The topological polar surface area (TPSA) is 57.6 Å². The van der Waals surface area contributed by atoms with E-state index in [1.165, 1.54) is 31.7 Å². The zero-order valence-electron chi connectivity index (χ0n) is 9.54. The van der Waals surface area contributed by atoms with E-state index < -0.39 is 0 Å². The van der Waals surface area contributed by atoms with Gasteiger partial charge in [0, 0.05) is 30.7 Å². The van der Waals surface area contributed by atoms with Gasteiger partial charge in [0.15, 0.2) is 18.2 Å². The van der Waals surface area contributed by atoms with E-state index in [1.54, 1.807) is 12.1 Å². The average molecular weight is 230 g/mol. The summed E-state index contributed by atoms with van der Waals surface area (Å²) in [7, 11) is 0. The highest BCUT2D eigenvalue weighted by atomic mass is 16.5. The van der Waals surface area contributed by atoms with E-state index in [0.717, 1.165) is 34.9 Å². The Kier molecular flexibility index (Phi) is 2.51. The highest BCUT2D eigenvalue weighted by molar-refractivity contribution is 5.53. The van der Waals surface area contributed by atoms with Crippen molar-refractivity contribution in [3.8, 4) is 11.4 Å². The number of hydrogen-bond donors (Lipinski definition) is 0. The van der Waals surface area contributed by atoms with Gasteiger partial charge in [0.25, 0.3) is 0 Å². The monoisotopic (exact) mass is 230 g/mol. The Balaban J connectivity index is 2.03. The fraction of sp³-hybridized carbons (Fsp3) is 0.417. The maximum absolute atomic E-state index is 11.0. The van der Waals surface area contributed by atoms with Gasteiger partial charge in [-0.15, -0.1) is 10.2 Å². The van der Waals surface area contributed by atoms with Crippen LogP contribution < -0.4 is 4.73 Å². The molecule has 0 spiro atoms. The SMILES string of the molecule is [O-][n+]1ccc(-c2nnc3n2CCCCC3)cc1. The molecule has 0 amide bonds. The summed E-state index contributed by atoms with van der Waals surface area (Å²) < 4.78 is 2.96. The van der Waals surface area contributed by atoms with E-state index in [9.17, 15) is 5.21 Å². The second-order valence-corrected chi connectivity index (χ2v) is 4.35. The molecule has 2 aromatic heterocycles. The number of aromatic nitrogens is 4. The molecule has 0 saturated heterocycles. The molecule has 0 aliphatic carbocycles. The fourth-order valence-corrected chi connectivity index (χ4v) is 2.26. The van der Waals surface area contributed by atoms with Gasteiger partial charge in [0.1, 0.15) is 5.82 Å². The summed E-state index contributed by atoms with van der Waals surface area (Å²) in [6, 6.07) is 3.57. The first-order chi connectivity index (χ1) is 8.34. The van der Waals surface area contributed by atoms with E-state index in [2.05, 4.69) is 14.8 Å². The Bertz CT molecular complexity index is 518. The molecule has 5 nitrogen and oxygen atoms in total. The van der Waals surface area contributed by atoms with E-state index >= 15 is 0 Å². The van der Waals surface area contributed by atoms with Crippen molar-refractivity contribution in [3.63, 3.8) is 0 Å². The van der Waals surface area contributed by atoms with Gasteiger partial charge >= 0.3 is 0 Å². The Hall–Kier alpha value is -1.91. The molecule has 0 saturated carbocycles. The summed E-state index contributed by atoms with van der Waals surface area (Å²) in [6.45, 7) is 0.976. The van der Waals surface area contributed by atoms with Crippen LogP contribution in [0.25, 0.3) is 11.4 Å². The van der Waals surface area contributed by atoms with Crippen LogP contribution in [0.2, 0.25) is 0 Å². The molecule has 0 unspecified atom stereocenters. The highest BCUT2D eigenvalue weighted by Gasteiger charge is 2.16. The lowest BCUT2D eigenvalue weighted by atomic mass is 10.2. The molecule has 17 heavy (non-hydrogen) atoms. The van der Waals surface area contributed by atoms with Crippen molar-refractivity contribution >= 4 is 0 Å². The van der Waals surface area contributed by atoms with Crippen LogP contribution in [0.15, 0.2) is 24.5 Å². The Morgan fingerprint density at radius 3 is 2.76 bits per heavy atom. The standard InChI is InChI=1S/C12H14N4O/c17-15-8-5-10(6-9-15)12-14-13-11-4-2-1-3-7-16(11)12/h5-6,8-9H,1-4,7H2. The average Bonchev–Trinajstić information content (AvgIpc) is 2.60. The Morgan fingerprint density at radius 2 is 1.94 bits per heavy atom. The third-order valence-electron chi connectivity index (χ3n) is 3.17. The maximum atomic E-state index is 11.0. The van der Waals surface area contributed by atoms with Crippen LogP contribution in [0.3, 0.4) is 0 Å². The summed E-state index contributed by atoms with van der Waals surface area (Å²) in [5.74, 6) is 1.94. The molecule has 88 valence electrons. The van der Waals surface area contributed by atoms with Crippen LogP contribution in [0.5, 0.6) is 0 Å². The fourth-order valence-electron chi connectivity index (χ4n) is 2.26. The van der Waals surface area contributed by atoms with Crippen LogP contribution in [0.4, 0.5) is 0 Å². The summed E-state index contributed by atoms with van der Waals surface area (Å²) in [5, 5.41) is 19.5. The zero-order valence-corrected chi connectivity index (χ0v) is 9.54. The summed E-state index contributed by atoms with van der Waals surface area (Å²) in [4.78, 5) is 0. The molecule has 1 aliphatic rings. The minimum Gasteiger partial charge on any atom is -0.619 e. The van der Waals surface area contributed by atoms with Crippen LogP contribution >= 0.6 is 0 Å². The number of aryl methyl sites for hydroxylation is 1. The molecule has 0 aromatic carbocycles. The zero-order chi connectivity index (χ0) is 11.7. The molecule has 0 N–H and O–H groups in total. The molecular weight excluding hydrogens is 216 g/mol. The quantitative estimate of drug-likeness (QED) is 0.548. The van der Waals surface area contributed by atoms with E-state index in [0.29, 0.717) is 0 Å². The van der Waals surface area contributed by atoms with E-state index in [1.807, 2.05) is 0 Å². The number of pyridine rings is 1. The van der Waals surface area contributed by atoms with Gasteiger partial charge in [-0.1, -0.05) is 6.42 Å². The van der Waals surface area contributed by atoms with Crippen LogP contribution in [-0.4, -0.2) is 14.8 Å². The summed E-state index contributed by atoms with van der Waals surface area (Å²) in [6.07, 6.45) is 7.60. The van der Waals surface area contributed by atoms with Crippen molar-refractivity contribution in [1.82, 2.24) is 14.8 Å². The molecule has 0 fully saturated rings. The normalized spacial score (nSPS) is 15.3. The van der Waals surface area contributed by atoms with Gasteiger partial charge in [-0.3, -0.25) is 0 Å². The van der Waals surface area contributed by atoms with Gasteiger partial charge in [0.2, 0.25) is 0 Å². The predicted molar refractivity (Wildman–Crippen MR) is 62.0 cm³/mol. The highest BCUT2D eigenvalue weighted by Crippen LogP contribution is 2.21. The lowest BCUT2D eigenvalue weighted by Gasteiger charge is -2.06. The molecule has 0 radical (unpaired) electrons. The Morgan fingerprint density at radius 1 is 1.12 bits per heavy atom. The Labute approximate surface area is 99.3 Å². The molecule has 3 rings (SSSR count).